The smallest absolute Gasteiger partial charge is 0.429 e. The van der Waals surface area contributed by atoms with Crippen molar-refractivity contribution < 1.29 is 19.4 Å². The first-order chi connectivity index (χ1) is 12.5. The highest BCUT2D eigenvalue weighted by atomic mass is 16.6. The number of amides is 1. The van der Waals surface area contributed by atoms with Gasteiger partial charge in [0.05, 0.1) is 0 Å². The standard InChI is InChI=1S/C21H22NO4/c1-13(2)11-19(20(23)24)22-21(25)26-12-18-16-9-5-3-7-14(16)15-8-4-6-10-17(15)18/h3-10,13,18-19H,11-12H2,1-2H3,(H,23,24)/t19-/m0/s1/i22+1. The molecule has 0 fully saturated rings. The Labute approximate surface area is 153 Å². The fourth-order valence-corrected chi connectivity index (χ4v) is 3.41. The number of nitrogens with zero attached hydrogens (tertiary/aromatic N) is 1. The van der Waals surface area contributed by atoms with Crippen molar-refractivity contribution in [2.45, 2.75) is 32.2 Å². The summed E-state index contributed by atoms with van der Waals surface area (Å²) in [4.78, 5) is 23.3. The van der Waals surface area contributed by atoms with Crippen LogP contribution in [0, 0.1) is 5.92 Å². The molecule has 1 aliphatic carbocycles. The van der Waals surface area contributed by atoms with Gasteiger partial charge in [-0.2, -0.15) is 5.32 Å². The van der Waals surface area contributed by atoms with Crippen LogP contribution in [0.5, 0.6) is 0 Å². The zero-order valence-electron chi connectivity index (χ0n) is 14.9. The average Bonchev–Trinajstić information content (AvgIpc) is 2.93. The Bertz CT molecular complexity index is 770. The van der Waals surface area contributed by atoms with Crippen LogP contribution in [-0.2, 0) is 9.53 Å². The normalized spacial score (nSPS) is 13.8. The molecule has 0 spiro atoms. The summed E-state index contributed by atoms with van der Waals surface area (Å²) < 4.78 is 5.33. The van der Waals surface area contributed by atoms with Gasteiger partial charge in [0.1, 0.15) is 6.61 Å². The number of hydrogen-bond acceptors (Lipinski definition) is 3. The fourth-order valence-electron chi connectivity index (χ4n) is 3.41. The minimum Gasteiger partial charge on any atom is -0.480 e. The number of rotatable bonds is 6. The maximum atomic E-state index is 12.1. The molecule has 2 aromatic rings. The van der Waals surface area contributed by atoms with E-state index in [4.69, 9.17) is 4.74 Å². The number of aliphatic carboxylic acids is 1. The van der Waals surface area contributed by atoms with Crippen LogP contribution < -0.4 is 5.32 Å². The van der Waals surface area contributed by atoms with E-state index in [9.17, 15) is 14.7 Å². The molecule has 3 rings (SSSR count). The summed E-state index contributed by atoms with van der Waals surface area (Å²) in [6, 6.07) is 15.0. The second-order valence-electron chi connectivity index (χ2n) is 6.92. The lowest BCUT2D eigenvalue weighted by atomic mass is 9.98. The number of hydrogen-bond donors (Lipinski definition) is 1. The van der Waals surface area contributed by atoms with E-state index >= 15 is 0 Å². The second kappa shape index (κ2) is 7.60. The van der Waals surface area contributed by atoms with Crippen molar-refractivity contribution in [3.63, 3.8) is 0 Å². The van der Waals surface area contributed by atoms with Crippen LogP contribution in [0.1, 0.15) is 37.3 Å². The first-order valence-corrected chi connectivity index (χ1v) is 8.76. The van der Waals surface area contributed by atoms with Gasteiger partial charge < -0.3 is 9.84 Å². The molecule has 5 nitrogen and oxygen atoms in total. The van der Waals surface area contributed by atoms with Crippen LogP contribution in [-0.4, -0.2) is 29.8 Å². The number of fused-ring (bicyclic) bond motifs is 3. The molecule has 0 saturated carbocycles. The average molecular weight is 353 g/mol. The van der Waals surface area contributed by atoms with Crippen molar-refractivity contribution in [2.24, 2.45) is 5.92 Å². The van der Waals surface area contributed by atoms with E-state index in [1.165, 1.54) is 0 Å². The number of carboxylic acid groups (broad SMARTS) is 1. The Hall–Kier alpha value is -2.82. The van der Waals surface area contributed by atoms with Crippen LogP contribution in [0.4, 0.5) is 4.79 Å². The van der Waals surface area contributed by atoms with Gasteiger partial charge in [0.25, 0.3) is 0 Å². The minimum atomic E-state index is -1.10. The van der Waals surface area contributed by atoms with Gasteiger partial charge in [-0.05, 0) is 34.6 Å². The largest absolute Gasteiger partial charge is 0.480 e. The molecular weight excluding hydrogens is 331 g/mol. The zero-order valence-corrected chi connectivity index (χ0v) is 14.9. The Morgan fingerprint density at radius 1 is 1.04 bits per heavy atom. The van der Waals surface area contributed by atoms with Gasteiger partial charge in [-0.3, -0.25) is 0 Å². The number of carboxylic acids is 1. The maximum Gasteiger partial charge on any atom is 0.429 e. The van der Waals surface area contributed by atoms with E-state index in [2.05, 4.69) is 17.4 Å². The Morgan fingerprint density at radius 3 is 2.08 bits per heavy atom. The lowest BCUT2D eigenvalue weighted by molar-refractivity contribution is -0.139. The highest BCUT2D eigenvalue weighted by Gasteiger charge is 2.30. The Kier molecular flexibility index (Phi) is 5.26. The van der Waals surface area contributed by atoms with Crippen LogP contribution in [0.15, 0.2) is 48.5 Å². The summed E-state index contributed by atoms with van der Waals surface area (Å²) in [7, 11) is 0. The number of benzene rings is 2. The lowest BCUT2D eigenvalue weighted by Gasteiger charge is -2.16. The summed E-state index contributed by atoms with van der Waals surface area (Å²) in [6.07, 6.45) is -0.514. The van der Waals surface area contributed by atoms with E-state index in [0.29, 0.717) is 6.42 Å². The quantitative estimate of drug-likeness (QED) is 0.795. The van der Waals surface area contributed by atoms with Gasteiger partial charge in [0.15, 0.2) is 6.04 Å². The topological polar surface area (TPSA) is 77.7 Å². The zero-order chi connectivity index (χ0) is 18.7. The Morgan fingerprint density at radius 2 is 1.58 bits per heavy atom. The molecule has 1 N–H and O–H groups in total. The lowest BCUT2D eigenvalue weighted by Crippen LogP contribution is -2.36. The van der Waals surface area contributed by atoms with E-state index in [0.717, 1.165) is 22.3 Å². The summed E-state index contributed by atoms with van der Waals surface area (Å²) in [5.41, 5.74) is 4.51. The molecule has 1 amide bonds. The van der Waals surface area contributed by atoms with Gasteiger partial charge in [-0.1, -0.05) is 62.4 Å². The summed E-state index contributed by atoms with van der Waals surface area (Å²) in [5, 5.41) is 12.9. The van der Waals surface area contributed by atoms with Gasteiger partial charge in [0, 0.05) is 5.92 Å². The van der Waals surface area contributed by atoms with Crippen molar-refractivity contribution >= 4 is 12.1 Å². The number of ether oxygens (including phenoxy) is 1. The number of carbonyl (C=O) groups is 2. The van der Waals surface area contributed by atoms with Crippen LogP contribution in [0.3, 0.4) is 0 Å². The molecule has 2 aromatic carbocycles. The molecule has 1 aliphatic rings. The van der Waals surface area contributed by atoms with Gasteiger partial charge in [0.2, 0.25) is 0 Å². The van der Waals surface area contributed by atoms with Gasteiger partial charge in [-0.25, -0.2) is 9.59 Å². The molecule has 0 unspecified atom stereocenters. The van der Waals surface area contributed by atoms with Crippen molar-refractivity contribution in [2.75, 3.05) is 6.61 Å². The molecule has 0 bridgehead atoms. The van der Waals surface area contributed by atoms with Crippen LogP contribution in [0.2, 0.25) is 0 Å². The van der Waals surface area contributed by atoms with Gasteiger partial charge in [-0.15, -0.1) is 0 Å². The molecule has 1 atom stereocenters. The first-order valence-electron chi connectivity index (χ1n) is 8.76. The molecule has 5 heteroatoms. The third-order valence-corrected chi connectivity index (χ3v) is 4.58. The molecule has 0 heterocycles. The van der Waals surface area contributed by atoms with E-state index in [1.54, 1.807) is 0 Å². The molecule has 135 valence electrons. The maximum absolute atomic E-state index is 12.1. The highest BCUT2D eigenvalue weighted by Crippen LogP contribution is 2.44. The van der Waals surface area contributed by atoms with Crippen molar-refractivity contribution in [3.8, 4) is 11.1 Å². The second-order valence-corrected chi connectivity index (χ2v) is 6.92. The van der Waals surface area contributed by atoms with E-state index < -0.39 is 18.1 Å². The molecular formula is C21H22NO4. The van der Waals surface area contributed by atoms with Crippen molar-refractivity contribution in [1.29, 1.82) is 0 Å². The first kappa shape index (κ1) is 18.0. The predicted octanol–water partition coefficient (Wildman–Crippen LogP) is 4.04. The van der Waals surface area contributed by atoms with Crippen LogP contribution in [0.25, 0.3) is 11.1 Å². The third kappa shape index (κ3) is 3.72. The summed E-state index contributed by atoms with van der Waals surface area (Å²) >= 11 is 0. The Balaban J connectivity index is 1.70. The molecule has 0 aliphatic heterocycles. The van der Waals surface area contributed by atoms with E-state index in [-0.39, 0.29) is 18.4 Å². The van der Waals surface area contributed by atoms with Crippen molar-refractivity contribution in [3.05, 3.63) is 59.7 Å². The van der Waals surface area contributed by atoms with Gasteiger partial charge >= 0.3 is 12.1 Å². The summed E-state index contributed by atoms with van der Waals surface area (Å²) in [6.45, 7) is 3.93. The highest BCUT2D eigenvalue weighted by molar-refractivity contribution is 5.80. The minimum absolute atomic E-state index is 0.0603. The van der Waals surface area contributed by atoms with Crippen LogP contribution >= 0.6 is 0 Å². The van der Waals surface area contributed by atoms with Crippen molar-refractivity contribution in [1.82, 2.24) is 5.32 Å². The molecule has 1 radical (unpaired) electrons. The molecule has 26 heavy (non-hydrogen) atoms. The molecule has 0 saturated heterocycles. The third-order valence-electron chi connectivity index (χ3n) is 4.58. The number of carbonyl (C=O) groups excluding carboxylic acids is 1. The monoisotopic (exact) mass is 353 g/mol. The predicted molar refractivity (Wildman–Crippen MR) is 98.1 cm³/mol. The SMILES string of the molecule is CC(C)C[C@H]([15N]C(=O)OCC1c2ccccc2-c2ccccc21)C(=O)O. The molecule has 0 aromatic heterocycles. The summed E-state index contributed by atoms with van der Waals surface area (Å²) in [5.74, 6) is -1.04. The fraction of sp³-hybridized carbons (Fsp3) is 0.333. The van der Waals surface area contributed by atoms with E-state index in [1.807, 2.05) is 50.2 Å².